The molecule has 544 valence electrons. The zero-order valence-electron chi connectivity index (χ0n) is 62.0. The molecule has 29 heteroatoms. The molecule has 12 atom stereocenters. The molecule has 0 saturated carbocycles. The van der Waals surface area contributed by atoms with Crippen LogP contribution < -0.4 is 21.3 Å². The Hall–Kier alpha value is -8.11. The molecule has 12 unspecified atom stereocenters. The third-order valence-corrected chi connectivity index (χ3v) is 17.9. The number of likely N-dealkylation sites (N-methyl/N-ethyl adjacent to an activating group) is 7. The van der Waals surface area contributed by atoms with Crippen molar-refractivity contribution in [1.29, 1.82) is 0 Å². The average Bonchev–Trinajstić information content (AvgIpc) is 1.49. The first-order chi connectivity index (χ1) is 45.2. The summed E-state index contributed by atoms with van der Waals surface area (Å²) in [4.78, 5) is 173. The van der Waals surface area contributed by atoms with Crippen molar-refractivity contribution in [3.05, 3.63) is 24.0 Å². The maximum atomic E-state index is 15.3. The smallest absolute Gasteiger partial charge is 0.246 e. The highest BCUT2D eigenvalue weighted by molar-refractivity contribution is 5.99. The number of H-pyrrole nitrogens is 2. The number of amides is 11. The Morgan fingerprint density at radius 2 is 1.03 bits per heavy atom. The summed E-state index contributed by atoms with van der Waals surface area (Å²) >= 11 is 0. The van der Waals surface area contributed by atoms with E-state index < -0.39 is 137 Å². The molecular formula is C68H115N17O12. The Bertz CT molecular complexity index is 3130. The lowest BCUT2D eigenvalue weighted by molar-refractivity contribution is -0.157. The second kappa shape index (κ2) is 37.6. The van der Waals surface area contributed by atoms with Gasteiger partial charge in [-0.25, -0.2) is 4.98 Å². The molecular weight excluding hydrogens is 1250 g/mol. The van der Waals surface area contributed by atoms with Crippen LogP contribution in [-0.2, 0) is 59.2 Å². The van der Waals surface area contributed by atoms with E-state index >= 15 is 14.4 Å². The number of aromatic nitrogens is 6. The van der Waals surface area contributed by atoms with Crippen LogP contribution in [0.15, 0.2) is 18.2 Å². The van der Waals surface area contributed by atoms with Gasteiger partial charge in [0.25, 0.3) is 0 Å². The SMILES string of the molecule is CCC(NC(=O)C(C(O)C(C)Cc1nc2ccc(-c3nn[nH]n3)cc2[nH]1)N(C)C(=O)C(C(C)C)N(C)C(=O)C(CC(C)C)N(C)C(=O)C(CC(C)C)N(C)C(=O)C(C)NC(=O)C(C)NC(=O)C(CC(C)C)N(C)C(=O)C(NC(=O)C(CC(C)C)N(C)C=O)C(C)C)C(=O)N(C)CC. The van der Waals surface area contributed by atoms with Gasteiger partial charge < -0.3 is 65.7 Å². The lowest BCUT2D eigenvalue weighted by Crippen LogP contribution is -2.63. The second-order valence-electron chi connectivity index (χ2n) is 28.6. The summed E-state index contributed by atoms with van der Waals surface area (Å²) in [6.07, 6.45) is 0.0999. The van der Waals surface area contributed by atoms with E-state index in [-0.39, 0.29) is 61.7 Å². The number of nitrogens with zero attached hydrogens (tertiary/aromatic N) is 11. The number of hydrogen-bond acceptors (Lipinski definition) is 16. The molecule has 0 saturated heterocycles. The largest absolute Gasteiger partial charge is 0.390 e. The van der Waals surface area contributed by atoms with Crippen molar-refractivity contribution in [3.63, 3.8) is 0 Å². The number of aromatic amines is 2. The van der Waals surface area contributed by atoms with Crippen LogP contribution in [0.5, 0.6) is 0 Å². The van der Waals surface area contributed by atoms with E-state index in [0.29, 0.717) is 47.6 Å². The minimum atomic E-state index is -1.60. The van der Waals surface area contributed by atoms with Gasteiger partial charge in [-0.1, -0.05) is 96.9 Å². The van der Waals surface area contributed by atoms with Crippen molar-refractivity contribution >= 4 is 76.5 Å². The first kappa shape index (κ1) is 83.1. The van der Waals surface area contributed by atoms with Gasteiger partial charge in [0, 0.05) is 67.9 Å². The molecule has 3 rings (SSSR count). The van der Waals surface area contributed by atoms with Crippen LogP contribution in [0, 0.1) is 41.4 Å². The number of carbonyl (C=O) groups is 11. The summed E-state index contributed by atoms with van der Waals surface area (Å²) < 4.78 is 0. The van der Waals surface area contributed by atoms with Crippen molar-refractivity contribution in [3.8, 4) is 11.4 Å². The Balaban J connectivity index is 1.93. The number of benzene rings is 1. The first-order valence-electron chi connectivity index (χ1n) is 34.0. The van der Waals surface area contributed by atoms with Gasteiger partial charge in [-0.2, -0.15) is 5.21 Å². The molecule has 0 bridgehead atoms. The number of carbonyl (C=O) groups excluding carboxylic acids is 11. The van der Waals surface area contributed by atoms with E-state index in [1.54, 1.807) is 73.7 Å². The summed E-state index contributed by atoms with van der Waals surface area (Å²) in [5, 5.41) is 37.6. The maximum Gasteiger partial charge on any atom is 0.246 e. The van der Waals surface area contributed by atoms with Crippen molar-refractivity contribution < 1.29 is 57.8 Å². The molecule has 0 fully saturated rings. The standard InChI is InChI=1S/C68H115N17O12/c1-25-46(64(93)79(18)26-2)73-62(91)56(57(87)42(15)33-53-71-47-28-27-45(34-48(47)72-53)58-75-77-78-76-58)85(24)68(97)55(41(13)14)84(23)66(95)52(32-39(9)10)83(22)65(94)51(31-38(7)8)82(21)63(92)44(17)70-59(88)43(16)69-61(90)50(30-37(5)6)81(20)67(96)54(40(11)12)74-60(89)49(29-36(3)4)80(19)35-86/h27-28,34-44,46,49-52,54-57,87H,25-26,29-33H2,1-24H3,(H,69,90)(H,70,88)(H,71,72)(H,73,91)(H,74,89)(H,75,76,77,78). The molecule has 0 radical (unpaired) electrons. The molecule has 2 heterocycles. The lowest BCUT2D eigenvalue weighted by Gasteiger charge is -2.41. The number of rotatable bonds is 38. The van der Waals surface area contributed by atoms with Gasteiger partial charge in [0.2, 0.25) is 71.3 Å². The average molecular weight is 1360 g/mol. The molecule has 97 heavy (non-hydrogen) atoms. The minimum absolute atomic E-state index is 0.0524. The lowest BCUT2D eigenvalue weighted by atomic mass is 9.91. The highest BCUT2D eigenvalue weighted by Gasteiger charge is 2.46. The normalized spacial score (nSPS) is 15.5. The van der Waals surface area contributed by atoms with Crippen molar-refractivity contribution in [1.82, 2.24) is 86.2 Å². The Morgan fingerprint density at radius 3 is 1.53 bits per heavy atom. The van der Waals surface area contributed by atoms with Gasteiger partial charge in [-0.3, -0.25) is 52.7 Å². The van der Waals surface area contributed by atoms with Gasteiger partial charge in [0.1, 0.15) is 66.2 Å². The molecule has 11 amide bonds. The Labute approximate surface area is 573 Å². The van der Waals surface area contributed by atoms with Gasteiger partial charge in [0.05, 0.1) is 17.1 Å². The number of hydrogen-bond donors (Lipinski definition) is 7. The van der Waals surface area contributed by atoms with Gasteiger partial charge in [-0.15, -0.1) is 10.2 Å². The number of fused-ring (bicyclic) bond motifs is 1. The minimum Gasteiger partial charge on any atom is -0.390 e. The summed E-state index contributed by atoms with van der Waals surface area (Å²) in [7, 11) is 10.3. The van der Waals surface area contributed by atoms with Gasteiger partial charge in [0.15, 0.2) is 0 Å². The fraction of sp³-hybridized carbons (Fsp3) is 0.721. The van der Waals surface area contributed by atoms with Crippen LogP contribution in [0.3, 0.4) is 0 Å². The highest BCUT2D eigenvalue weighted by atomic mass is 16.3. The van der Waals surface area contributed by atoms with Crippen molar-refractivity contribution in [2.75, 3.05) is 55.9 Å². The van der Waals surface area contributed by atoms with E-state index in [9.17, 15) is 43.5 Å². The number of tetrazole rings is 1. The van der Waals surface area contributed by atoms with E-state index in [0.717, 1.165) is 4.90 Å². The van der Waals surface area contributed by atoms with Crippen LogP contribution in [0.25, 0.3) is 22.4 Å². The van der Waals surface area contributed by atoms with Crippen LogP contribution in [-0.4, -0.2) is 258 Å². The van der Waals surface area contributed by atoms with E-state index in [4.69, 9.17) is 4.98 Å². The molecule has 0 spiro atoms. The molecule has 0 aliphatic rings. The predicted octanol–water partition coefficient (Wildman–Crippen LogP) is 3.24. The topological polar surface area (TPSA) is 362 Å². The summed E-state index contributed by atoms with van der Waals surface area (Å²) in [6.45, 7) is 30.5. The third-order valence-electron chi connectivity index (χ3n) is 17.9. The van der Waals surface area contributed by atoms with Crippen molar-refractivity contribution in [2.24, 2.45) is 41.4 Å². The number of aliphatic hydroxyl groups is 1. The monoisotopic (exact) mass is 1360 g/mol. The number of nitrogens with one attached hydrogen (secondary N) is 6. The fourth-order valence-electron chi connectivity index (χ4n) is 11.9. The van der Waals surface area contributed by atoms with Crippen LogP contribution >= 0.6 is 0 Å². The summed E-state index contributed by atoms with van der Waals surface area (Å²) in [5.41, 5.74) is 1.93. The number of imidazole rings is 1. The zero-order valence-corrected chi connectivity index (χ0v) is 62.0. The molecule has 7 N–H and O–H groups in total. The molecule has 3 aromatic rings. The Morgan fingerprint density at radius 1 is 0.536 bits per heavy atom. The van der Waals surface area contributed by atoms with Crippen LogP contribution in [0.2, 0.25) is 0 Å². The summed E-state index contributed by atoms with van der Waals surface area (Å²) in [5.74, 6) is -7.57. The third kappa shape index (κ3) is 22.5. The number of aliphatic hydroxyl groups excluding tert-OH is 1. The van der Waals surface area contributed by atoms with Crippen LogP contribution in [0.4, 0.5) is 0 Å². The predicted molar refractivity (Wildman–Crippen MR) is 369 cm³/mol. The second-order valence-corrected chi connectivity index (χ2v) is 28.6. The van der Waals surface area contributed by atoms with E-state index in [1.165, 1.54) is 85.5 Å². The first-order valence-corrected chi connectivity index (χ1v) is 34.0. The summed E-state index contributed by atoms with van der Waals surface area (Å²) in [6, 6.07) is -6.35. The molecule has 0 aliphatic carbocycles. The zero-order chi connectivity index (χ0) is 73.9. The molecule has 1 aromatic carbocycles. The van der Waals surface area contributed by atoms with E-state index in [1.807, 2.05) is 55.4 Å². The highest BCUT2D eigenvalue weighted by Crippen LogP contribution is 2.27. The van der Waals surface area contributed by atoms with Crippen LogP contribution in [0.1, 0.15) is 156 Å². The van der Waals surface area contributed by atoms with Crippen molar-refractivity contribution in [2.45, 2.75) is 223 Å². The van der Waals surface area contributed by atoms with Gasteiger partial charge >= 0.3 is 0 Å². The fourth-order valence-corrected chi connectivity index (χ4v) is 11.9. The van der Waals surface area contributed by atoms with E-state index in [2.05, 4.69) is 46.9 Å². The molecule has 0 aliphatic heterocycles. The van der Waals surface area contributed by atoms with Gasteiger partial charge in [-0.05, 0) is 118 Å². The molecule has 29 nitrogen and oxygen atoms in total. The Kier molecular flexibility index (Phi) is 32.2. The molecule has 2 aromatic heterocycles. The maximum absolute atomic E-state index is 15.3. The quantitative estimate of drug-likeness (QED) is 0.0405.